The van der Waals surface area contributed by atoms with Gasteiger partial charge in [0.05, 0.1) is 26.5 Å². The van der Waals surface area contributed by atoms with Crippen LogP contribution in [0.25, 0.3) is 31.0 Å². The van der Waals surface area contributed by atoms with Crippen molar-refractivity contribution >= 4 is 83.5 Å². The molecule has 4 aromatic heterocycles. The maximum atomic E-state index is 12.9. The highest BCUT2D eigenvalue weighted by Crippen LogP contribution is 2.36. The minimum Gasteiger partial charge on any atom is -0.397 e. The number of nitrogens with one attached hydrogen (secondary N) is 1. The molecule has 0 aliphatic heterocycles. The number of fused-ring (bicyclic) bond motifs is 2. The van der Waals surface area contributed by atoms with Gasteiger partial charge in [-0.15, -0.1) is 34.0 Å². The normalized spacial score (nSPS) is 11.4. The van der Waals surface area contributed by atoms with Crippen LogP contribution in [0.1, 0.15) is 16.6 Å². The third-order valence-corrected chi connectivity index (χ3v) is 8.52. The van der Waals surface area contributed by atoms with Gasteiger partial charge in [-0.1, -0.05) is 24.8 Å². The van der Waals surface area contributed by atoms with Gasteiger partial charge >= 0.3 is 0 Å². The summed E-state index contributed by atoms with van der Waals surface area (Å²) >= 11 is 6.31. The van der Waals surface area contributed by atoms with Crippen LogP contribution in [0.2, 0.25) is 0 Å². The fraction of sp³-hybridized carbons (Fsp3) is 0.0952. The Morgan fingerprint density at radius 2 is 2.07 bits per heavy atom. The predicted molar refractivity (Wildman–Crippen MR) is 131 cm³/mol. The maximum Gasteiger partial charge on any atom is 0.267 e. The van der Waals surface area contributed by atoms with Crippen molar-refractivity contribution in [3.8, 4) is 10.6 Å². The minimum absolute atomic E-state index is 0.222. The SMILES string of the molecule is CCSc1nc2ccc(NC(=O)c3sc4nc(-c5cccs5)ccc4c3N)cc2s1. The average molecular weight is 469 g/mol. The smallest absolute Gasteiger partial charge is 0.267 e. The van der Waals surface area contributed by atoms with E-state index in [1.54, 1.807) is 34.4 Å². The molecule has 1 aromatic carbocycles. The number of aromatic nitrogens is 2. The van der Waals surface area contributed by atoms with Crippen molar-refractivity contribution in [1.29, 1.82) is 0 Å². The van der Waals surface area contributed by atoms with E-state index in [2.05, 4.69) is 17.2 Å². The predicted octanol–water partition coefficient (Wildman–Crippen LogP) is 6.58. The molecule has 0 aliphatic rings. The first-order chi connectivity index (χ1) is 14.6. The molecule has 0 aliphatic carbocycles. The number of benzene rings is 1. The number of anilines is 2. The zero-order valence-electron chi connectivity index (χ0n) is 15.8. The molecule has 0 saturated heterocycles. The van der Waals surface area contributed by atoms with Gasteiger partial charge in [0.25, 0.3) is 5.91 Å². The Bertz CT molecular complexity index is 1370. The number of nitrogens with zero attached hydrogens (tertiary/aromatic N) is 2. The molecule has 5 nitrogen and oxygen atoms in total. The lowest BCUT2D eigenvalue weighted by atomic mass is 10.2. The molecule has 0 bridgehead atoms. The lowest BCUT2D eigenvalue weighted by Crippen LogP contribution is -2.11. The van der Waals surface area contributed by atoms with E-state index in [0.29, 0.717) is 10.6 Å². The Morgan fingerprint density at radius 3 is 2.87 bits per heavy atom. The van der Waals surface area contributed by atoms with Gasteiger partial charge in [-0.3, -0.25) is 4.79 Å². The van der Waals surface area contributed by atoms with Gasteiger partial charge in [0.15, 0.2) is 4.34 Å². The van der Waals surface area contributed by atoms with Crippen molar-refractivity contribution in [2.45, 2.75) is 11.3 Å². The van der Waals surface area contributed by atoms with Crippen molar-refractivity contribution in [2.24, 2.45) is 0 Å². The van der Waals surface area contributed by atoms with Gasteiger partial charge in [-0.2, -0.15) is 0 Å². The molecule has 3 N–H and O–H groups in total. The van der Waals surface area contributed by atoms with Crippen LogP contribution in [0, 0.1) is 0 Å². The molecule has 0 atom stereocenters. The standard InChI is InChI=1S/C21H16N4OS4/c1-2-27-21-25-14-7-5-11(10-16(14)29-21)23-19(26)18-17(22)12-6-8-13(24-20(12)30-18)15-4-3-9-28-15/h3-10H,2,22H2,1H3,(H,23,26). The number of carbonyl (C=O) groups excluding carboxylic acids is 1. The molecule has 0 saturated carbocycles. The number of thiazole rings is 1. The second kappa shape index (κ2) is 7.99. The summed E-state index contributed by atoms with van der Waals surface area (Å²) in [5.74, 6) is 0.761. The van der Waals surface area contributed by atoms with Crippen LogP contribution < -0.4 is 11.1 Å². The van der Waals surface area contributed by atoms with Gasteiger partial charge in [0.1, 0.15) is 9.71 Å². The van der Waals surface area contributed by atoms with Crippen LogP contribution in [-0.4, -0.2) is 21.6 Å². The fourth-order valence-electron chi connectivity index (χ4n) is 3.08. The Hall–Kier alpha value is -2.46. The molecule has 0 spiro atoms. The number of nitrogens with two attached hydrogens (primary N) is 1. The second-order valence-corrected chi connectivity index (χ2v) is 10.9. The molecule has 9 heteroatoms. The van der Waals surface area contributed by atoms with Crippen molar-refractivity contribution in [3.05, 3.63) is 52.7 Å². The monoisotopic (exact) mass is 468 g/mol. The quantitative estimate of drug-likeness (QED) is 0.285. The van der Waals surface area contributed by atoms with Gasteiger partial charge in [0, 0.05) is 11.1 Å². The van der Waals surface area contributed by atoms with Crippen LogP contribution in [0.5, 0.6) is 0 Å². The second-order valence-electron chi connectivity index (χ2n) is 6.42. The molecule has 0 fully saturated rings. The van der Waals surface area contributed by atoms with Crippen molar-refractivity contribution in [3.63, 3.8) is 0 Å². The zero-order chi connectivity index (χ0) is 20.7. The summed E-state index contributed by atoms with van der Waals surface area (Å²) in [6, 6.07) is 13.7. The van der Waals surface area contributed by atoms with Gasteiger partial charge in [0.2, 0.25) is 0 Å². The minimum atomic E-state index is -0.222. The summed E-state index contributed by atoms with van der Waals surface area (Å²) in [6.45, 7) is 2.11. The van der Waals surface area contributed by atoms with Crippen molar-refractivity contribution in [1.82, 2.24) is 9.97 Å². The van der Waals surface area contributed by atoms with E-state index < -0.39 is 0 Å². The van der Waals surface area contributed by atoms with E-state index in [9.17, 15) is 4.79 Å². The molecule has 1 amide bonds. The van der Waals surface area contributed by atoms with E-state index in [0.717, 1.165) is 46.8 Å². The number of thioether (sulfide) groups is 1. The molecule has 0 radical (unpaired) electrons. The van der Waals surface area contributed by atoms with Gasteiger partial charge in [-0.05, 0) is 47.5 Å². The van der Waals surface area contributed by atoms with Gasteiger partial charge in [-0.25, -0.2) is 9.97 Å². The number of hydrogen-bond acceptors (Lipinski definition) is 8. The molecule has 150 valence electrons. The van der Waals surface area contributed by atoms with Crippen LogP contribution in [0.15, 0.2) is 52.2 Å². The van der Waals surface area contributed by atoms with Gasteiger partial charge < -0.3 is 11.1 Å². The highest BCUT2D eigenvalue weighted by molar-refractivity contribution is 8.01. The molecule has 30 heavy (non-hydrogen) atoms. The van der Waals surface area contributed by atoms with E-state index in [1.807, 2.05) is 47.8 Å². The maximum absolute atomic E-state index is 12.9. The van der Waals surface area contributed by atoms with Crippen LogP contribution in [0.4, 0.5) is 11.4 Å². The highest BCUT2D eigenvalue weighted by atomic mass is 32.2. The lowest BCUT2D eigenvalue weighted by molar-refractivity contribution is 0.103. The summed E-state index contributed by atoms with van der Waals surface area (Å²) in [4.78, 5) is 24.6. The summed E-state index contributed by atoms with van der Waals surface area (Å²) in [6.07, 6.45) is 0. The molecular weight excluding hydrogens is 453 g/mol. The highest BCUT2D eigenvalue weighted by Gasteiger charge is 2.18. The van der Waals surface area contributed by atoms with E-state index >= 15 is 0 Å². The number of nitrogen functional groups attached to an aromatic ring is 1. The number of hydrogen-bond donors (Lipinski definition) is 2. The van der Waals surface area contributed by atoms with Crippen LogP contribution in [-0.2, 0) is 0 Å². The first-order valence-corrected chi connectivity index (χ1v) is 12.7. The lowest BCUT2D eigenvalue weighted by Gasteiger charge is -2.04. The third-order valence-electron chi connectivity index (χ3n) is 4.47. The van der Waals surface area contributed by atoms with Crippen molar-refractivity contribution < 1.29 is 4.79 Å². The topological polar surface area (TPSA) is 80.9 Å². The first kappa shape index (κ1) is 19.5. The summed E-state index contributed by atoms with van der Waals surface area (Å²) in [5.41, 5.74) is 9.33. The van der Waals surface area contributed by atoms with Crippen LogP contribution in [0.3, 0.4) is 0 Å². The first-order valence-electron chi connectivity index (χ1n) is 9.20. The summed E-state index contributed by atoms with van der Waals surface area (Å²) in [7, 11) is 0. The van der Waals surface area contributed by atoms with Crippen molar-refractivity contribution in [2.75, 3.05) is 16.8 Å². The fourth-order valence-corrected chi connectivity index (χ4v) is 6.77. The van der Waals surface area contributed by atoms with E-state index in [-0.39, 0.29) is 5.91 Å². The molecule has 5 rings (SSSR count). The molecule has 5 aromatic rings. The van der Waals surface area contributed by atoms with Crippen LogP contribution >= 0.6 is 45.8 Å². The molecular formula is C21H16N4OS4. The number of amides is 1. The Balaban J connectivity index is 1.44. The third kappa shape index (κ3) is 3.58. The summed E-state index contributed by atoms with van der Waals surface area (Å²) < 4.78 is 2.09. The zero-order valence-corrected chi connectivity index (χ0v) is 19.1. The Morgan fingerprint density at radius 1 is 1.17 bits per heavy atom. The molecule has 4 heterocycles. The largest absolute Gasteiger partial charge is 0.397 e. The number of carbonyl (C=O) groups is 1. The number of thiophene rings is 2. The van der Waals surface area contributed by atoms with E-state index in [1.165, 1.54) is 11.3 Å². The number of pyridine rings is 1. The molecule has 0 unspecified atom stereocenters. The van der Waals surface area contributed by atoms with E-state index in [4.69, 9.17) is 10.7 Å². The Labute approximate surface area is 189 Å². The average Bonchev–Trinajstić information content (AvgIpc) is 3.46. The summed E-state index contributed by atoms with van der Waals surface area (Å²) in [5, 5.41) is 5.80. The Kier molecular flexibility index (Phi) is 5.20. The number of rotatable bonds is 5.